The van der Waals surface area contributed by atoms with Crippen LogP contribution in [0.2, 0.25) is 0 Å². The van der Waals surface area contributed by atoms with Crippen molar-refractivity contribution in [3.8, 4) is 0 Å². The lowest BCUT2D eigenvalue weighted by Gasteiger charge is -2.54. The molecule has 2 aliphatic heterocycles. The van der Waals surface area contributed by atoms with Gasteiger partial charge in [-0.1, -0.05) is 31.5 Å². The van der Waals surface area contributed by atoms with E-state index in [1.165, 1.54) is 30.5 Å². The number of anilines is 1. The fourth-order valence-corrected chi connectivity index (χ4v) is 4.60. The maximum atomic E-state index is 12.0. The van der Waals surface area contributed by atoms with Gasteiger partial charge in [0.05, 0.1) is 0 Å². The Labute approximate surface area is 114 Å². The third-order valence-electron chi connectivity index (χ3n) is 5.54. The van der Waals surface area contributed by atoms with E-state index >= 15 is 0 Å². The van der Waals surface area contributed by atoms with Gasteiger partial charge in [0.25, 0.3) is 0 Å². The Morgan fingerprint density at radius 2 is 2.00 bits per heavy atom. The number of hydrogen-bond donors (Lipinski definition) is 1. The summed E-state index contributed by atoms with van der Waals surface area (Å²) in [5.74, 6) is 0.220. The van der Waals surface area contributed by atoms with Crippen molar-refractivity contribution >= 4 is 11.6 Å². The molecule has 0 bridgehead atoms. The second kappa shape index (κ2) is 3.53. The first-order chi connectivity index (χ1) is 9.17. The van der Waals surface area contributed by atoms with E-state index in [0.717, 1.165) is 13.0 Å². The van der Waals surface area contributed by atoms with E-state index in [9.17, 15) is 4.79 Å². The number of benzene rings is 1. The molecule has 3 heteroatoms. The van der Waals surface area contributed by atoms with Gasteiger partial charge in [-0.25, -0.2) is 0 Å². The highest BCUT2D eigenvalue weighted by Crippen LogP contribution is 2.57. The molecule has 1 aromatic carbocycles. The largest absolute Gasteiger partial charge is 0.347 e. The van der Waals surface area contributed by atoms with Crippen LogP contribution in [-0.2, 0) is 10.2 Å². The molecule has 1 N–H and O–H groups in total. The van der Waals surface area contributed by atoms with E-state index in [1.54, 1.807) is 0 Å². The van der Waals surface area contributed by atoms with Crippen molar-refractivity contribution in [2.75, 3.05) is 11.4 Å². The molecular weight excluding hydrogens is 236 g/mol. The number of para-hydroxylation sites is 1. The average molecular weight is 256 g/mol. The van der Waals surface area contributed by atoms with Gasteiger partial charge in [0.15, 0.2) is 0 Å². The van der Waals surface area contributed by atoms with Crippen LogP contribution in [0.3, 0.4) is 0 Å². The maximum Gasteiger partial charge on any atom is 0.223 e. The van der Waals surface area contributed by atoms with Gasteiger partial charge in [-0.15, -0.1) is 0 Å². The van der Waals surface area contributed by atoms with Crippen LogP contribution >= 0.6 is 0 Å². The molecule has 1 amide bonds. The summed E-state index contributed by atoms with van der Waals surface area (Å²) in [5, 5.41) is 3.37. The average Bonchev–Trinajstić information content (AvgIpc) is 2.65. The zero-order chi connectivity index (χ0) is 13.1. The monoisotopic (exact) mass is 256 g/mol. The SMILES string of the molecule is C[C@]12CCCC[C@]13NC(=O)CCN3c1ccccc12. The fourth-order valence-electron chi connectivity index (χ4n) is 4.60. The van der Waals surface area contributed by atoms with Gasteiger partial charge in [-0.05, 0) is 30.9 Å². The lowest BCUT2D eigenvalue weighted by atomic mass is 9.64. The first-order valence-corrected chi connectivity index (χ1v) is 7.36. The number of amides is 1. The fraction of sp³-hybridized carbons (Fsp3) is 0.562. The summed E-state index contributed by atoms with van der Waals surface area (Å²) >= 11 is 0. The predicted molar refractivity (Wildman–Crippen MR) is 75.1 cm³/mol. The molecule has 19 heavy (non-hydrogen) atoms. The molecule has 4 rings (SSSR count). The molecule has 0 radical (unpaired) electrons. The third-order valence-corrected chi connectivity index (χ3v) is 5.54. The van der Waals surface area contributed by atoms with E-state index in [1.807, 2.05) is 0 Å². The molecule has 1 aliphatic carbocycles. The Bertz CT molecular complexity index is 555. The lowest BCUT2D eigenvalue weighted by molar-refractivity contribution is -0.126. The molecule has 100 valence electrons. The van der Waals surface area contributed by atoms with Crippen molar-refractivity contribution in [2.45, 2.75) is 50.1 Å². The van der Waals surface area contributed by atoms with Gasteiger partial charge in [0.2, 0.25) is 5.91 Å². The second-order valence-corrected chi connectivity index (χ2v) is 6.37. The molecule has 1 saturated heterocycles. The topological polar surface area (TPSA) is 32.3 Å². The number of fused-ring (bicyclic) bond motifs is 3. The minimum atomic E-state index is -0.162. The second-order valence-electron chi connectivity index (χ2n) is 6.37. The van der Waals surface area contributed by atoms with Crippen molar-refractivity contribution in [3.63, 3.8) is 0 Å². The van der Waals surface area contributed by atoms with Crippen LogP contribution in [0.4, 0.5) is 5.69 Å². The number of carbonyl (C=O) groups excluding carboxylic acids is 1. The highest BCUT2D eigenvalue weighted by Gasteiger charge is 2.61. The van der Waals surface area contributed by atoms with Crippen molar-refractivity contribution in [1.29, 1.82) is 0 Å². The molecule has 0 aromatic heterocycles. The first kappa shape index (κ1) is 11.3. The van der Waals surface area contributed by atoms with Crippen LogP contribution < -0.4 is 10.2 Å². The Hall–Kier alpha value is -1.51. The Morgan fingerprint density at radius 1 is 1.21 bits per heavy atom. The predicted octanol–water partition coefficient (Wildman–Crippen LogP) is 2.55. The summed E-state index contributed by atoms with van der Waals surface area (Å²) < 4.78 is 0. The van der Waals surface area contributed by atoms with Crippen LogP contribution in [0.15, 0.2) is 24.3 Å². The highest BCUT2D eigenvalue weighted by molar-refractivity contribution is 5.83. The third kappa shape index (κ3) is 1.21. The molecule has 1 spiro atoms. The Morgan fingerprint density at radius 3 is 2.89 bits per heavy atom. The molecule has 0 unspecified atom stereocenters. The van der Waals surface area contributed by atoms with E-state index in [0.29, 0.717) is 6.42 Å². The number of nitrogens with one attached hydrogen (secondary N) is 1. The summed E-state index contributed by atoms with van der Waals surface area (Å²) in [4.78, 5) is 14.5. The van der Waals surface area contributed by atoms with Crippen molar-refractivity contribution in [2.24, 2.45) is 0 Å². The highest BCUT2D eigenvalue weighted by atomic mass is 16.2. The Balaban J connectivity index is 1.95. The number of hydrogen-bond acceptors (Lipinski definition) is 2. The van der Waals surface area contributed by atoms with Crippen LogP contribution in [0.25, 0.3) is 0 Å². The lowest BCUT2D eigenvalue weighted by Crippen LogP contribution is -2.71. The van der Waals surface area contributed by atoms with Crippen LogP contribution in [0.1, 0.15) is 44.6 Å². The molecular formula is C16H20N2O. The van der Waals surface area contributed by atoms with Crippen LogP contribution in [-0.4, -0.2) is 18.1 Å². The summed E-state index contributed by atoms with van der Waals surface area (Å²) in [5.41, 5.74) is 2.67. The maximum absolute atomic E-state index is 12.0. The van der Waals surface area contributed by atoms with Gasteiger partial charge in [0, 0.05) is 24.1 Å². The van der Waals surface area contributed by atoms with Crippen molar-refractivity contribution in [3.05, 3.63) is 29.8 Å². The molecule has 3 aliphatic rings. The summed E-state index contributed by atoms with van der Waals surface area (Å²) in [7, 11) is 0. The zero-order valence-corrected chi connectivity index (χ0v) is 11.4. The van der Waals surface area contributed by atoms with E-state index in [2.05, 4.69) is 41.4 Å². The number of nitrogens with zero attached hydrogens (tertiary/aromatic N) is 1. The molecule has 2 atom stereocenters. The van der Waals surface area contributed by atoms with Crippen molar-refractivity contribution < 1.29 is 4.79 Å². The summed E-state index contributed by atoms with van der Waals surface area (Å²) in [6.07, 6.45) is 5.33. The van der Waals surface area contributed by atoms with Gasteiger partial charge < -0.3 is 10.2 Å². The van der Waals surface area contributed by atoms with Crippen LogP contribution in [0, 0.1) is 0 Å². The molecule has 2 heterocycles. The molecule has 2 fully saturated rings. The van der Waals surface area contributed by atoms with Gasteiger partial charge in [-0.3, -0.25) is 4.79 Å². The van der Waals surface area contributed by atoms with Crippen molar-refractivity contribution in [1.82, 2.24) is 5.32 Å². The van der Waals surface area contributed by atoms with Crippen LogP contribution in [0.5, 0.6) is 0 Å². The molecule has 1 aromatic rings. The minimum Gasteiger partial charge on any atom is -0.347 e. The van der Waals surface area contributed by atoms with Gasteiger partial charge in [-0.2, -0.15) is 0 Å². The first-order valence-electron chi connectivity index (χ1n) is 7.36. The Kier molecular flexibility index (Phi) is 2.10. The zero-order valence-electron chi connectivity index (χ0n) is 11.4. The standard InChI is InChI=1S/C16H20N2O/c1-15-9-4-5-10-16(15)17-14(19)8-11-18(16)13-7-3-2-6-12(13)15/h2-3,6-7H,4-5,8-11H2,1H3,(H,17,19)/t15-,16-/m1/s1. The quantitative estimate of drug-likeness (QED) is 0.773. The van der Waals surface area contributed by atoms with Gasteiger partial charge in [0.1, 0.15) is 5.66 Å². The van der Waals surface area contributed by atoms with E-state index in [4.69, 9.17) is 0 Å². The summed E-state index contributed by atoms with van der Waals surface area (Å²) in [6.45, 7) is 3.20. The van der Waals surface area contributed by atoms with E-state index in [-0.39, 0.29) is 17.0 Å². The molecule has 3 nitrogen and oxygen atoms in total. The minimum absolute atomic E-state index is 0.0674. The molecule has 1 saturated carbocycles. The number of carbonyl (C=O) groups is 1. The smallest absolute Gasteiger partial charge is 0.223 e. The summed E-state index contributed by atoms with van der Waals surface area (Å²) in [6, 6.07) is 8.72. The normalized spacial score (nSPS) is 36.3. The number of rotatable bonds is 0. The van der Waals surface area contributed by atoms with E-state index < -0.39 is 0 Å². The van der Waals surface area contributed by atoms with Gasteiger partial charge >= 0.3 is 0 Å².